The average molecular weight is 244 g/mol. The summed E-state index contributed by atoms with van der Waals surface area (Å²) in [6, 6.07) is 4.67. The number of benzene rings is 1. The molecule has 0 bridgehead atoms. The van der Waals surface area contributed by atoms with E-state index in [2.05, 4.69) is 9.97 Å². The number of aryl methyl sites for hydroxylation is 2. The Morgan fingerprint density at radius 1 is 1.28 bits per heavy atom. The smallest absolute Gasteiger partial charge is 0.254 e. The number of nitrogens with one attached hydrogen (secondary N) is 1. The van der Waals surface area contributed by atoms with Crippen LogP contribution >= 0.6 is 0 Å². The Morgan fingerprint density at radius 3 is 2.89 bits per heavy atom. The van der Waals surface area contributed by atoms with Gasteiger partial charge in [0.25, 0.3) is 5.56 Å². The molecule has 0 aliphatic heterocycles. The highest BCUT2D eigenvalue weighted by Gasteiger charge is 2.17. The number of fused-ring (bicyclic) bond motifs is 1. The predicted molar refractivity (Wildman–Crippen MR) is 67.0 cm³/mol. The Balaban J connectivity index is 2.18. The van der Waals surface area contributed by atoms with Crippen molar-refractivity contribution in [1.29, 1.82) is 0 Å². The molecule has 0 unspecified atom stereocenters. The van der Waals surface area contributed by atoms with Crippen LogP contribution < -0.4 is 5.56 Å². The van der Waals surface area contributed by atoms with Crippen LogP contribution in [0.1, 0.15) is 23.2 Å². The average Bonchev–Trinajstić information content (AvgIpc) is 2.76. The van der Waals surface area contributed by atoms with E-state index in [9.17, 15) is 9.18 Å². The second-order valence-electron chi connectivity index (χ2n) is 4.71. The molecular weight excluding hydrogens is 231 g/mol. The molecule has 0 atom stereocenters. The van der Waals surface area contributed by atoms with E-state index in [-0.39, 0.29) is 11.4 Å². The molecule has 18 heavy (non-hydrogen) atoms. The standard InChI is InChI=1S/C14H13FN2O/c1-8-5-9(7-10(15)6-8)13-16-12-4-2-3-11(12)14(18)17-13/h5-7H,2-4H2,1H3,(H,16,17,18). The van der Waals surface area contributed by atoms with Crippen LogP contribution in [0.5, 0.6) is 0 Å². The van der Waals surface area contributed by atoms with Crippen molar-refractivity contribution in [2.75, 3.05) is 0 Å². The fourth-order valence-electron chi connectivity index (χ4n) is 2.45. The lowest BCUT2D eigenvalue weighted by Crippen LogP contribution is -2.15. The fourth-order valence-corrected chi connectivity index (χ4v) is 2.45. The van der Waals surface area contributed by atoms with Gasteiger partial charge in [-0.2, -0.15) is 0 Å². The number of aromatic nitrogens is 2. The van der Waals surface area contributed by atoms with Crippen LogP contribution in [0, 0.1) is 12.7 Å². The second kappa shape index (κ2) is 4.05. The summed E-state index contributed by atoms with van der Waals surface area (Å²) in [5, 5.41) is 0. The van der Waals surface area contributed by atoms with Crippen LogP contribution in [-0.2, 0) is 12.8 Å². The van der Waals surface area contributed by atoms with Gasteiger partial charge < -0.3 is 4.98 Å². The first-order valence-electron chi connectivity index (χ1n) is 6.03. The van der Waals surface area contributed by atoms with Crippen molar-refractivity contribution in [2.45, 2.75) is 26.2 Å². The van der Waals surface area contributed by atoms with Crippen LogP contribution in [0.25, 0.3) is 11.4 Å². The molecule has 0 radical (unpaired) electrons. The molecule has 1 aromatic carbocycles. The van der Waals surface area contributed by atoms with Crippen molar-refractivity contribution in [2.24, 2.45) is 0 Å². The minimum atomic E-state index is -0.312. The number of nitrogens with zero attached hydrogens (tertiary/aromatic N) is 1. The topological polar surface area (TPSA) is 45.8 Å². The maximum Gasteiger partial charge on any atom is 0.254 e. The zero-order chi connectivity index (χ0) is 12.7. The van der Waals surface area contributed by atoms with Crippen LogP contribution in [0.3, 0.4) is 0 Å². The molecule has 92 valence electrons. The molecule has 1 aliphatic carbocycles. The lowest BCUT2D eigenvalue weighted by Gasteiger charge is -2.05. The summed E-state index contributed by atoms with van der Waals surface area (Å²) in [6.45, 7) is 1.82. The summed E-state index contributed by atoms with van der Waals surface area (Å²) in [7, 11) is 0. The second-order valence-corrected chi connectivity index (χ2v) is 4.71. The monoisotopic (exact) mass is 244 g/mol. The number of rotatable bonds is 1. The van der Waals surface area contributed by atoms with Crippen molar-refractivity contribution in [3.05, 3.63) is 51.2 Å². The molecule has 0 fully saturated rings. The normalized spacial score (nSPS) is 13.7. The number of aromatic amines is 1. The van der Waals surface area contributed by atoms with Gasteiger partial charge >= 0.3 is 0 Å². The van der Waals surface area contributed by atoms with Crippen LogP contribution in [0.4, 0.5) is 4.39 Å². The van der Waals surface area contributed by atoms with Crippen LogP contribution in [0.15, 0.2) is 23.0 Å². The highest BCUT2D eigenvalue weighted by molar-refractivity contribution is 5.56. The maximum absolute atomic E-state index is 13.4. The van der Waals surface area contributed by atoms with Crippen molar-refractivity contribution >= 4 is 0 Å². The zero-order valence-electron chi connectivity index (χ0n) is 10.1. The summed E-state index contributed by atoms with van der Waals surface area (Å²) in [6.07, 6.45) is 2.59. The summed E-state index contributed by atoms with van der Waals surface area (Å²) >= 11 is 0. The van der Waals surface area contributed by atoms with E-state index in [0.29, 0.717) is 11.4 Å². The van der Waals surface area contributed by atoms with Gasteiger partial charge in [-0.05, 0) is 49.9 Å². The molecule has 1 N–H and O–H groups in total. The van der Waals surface area contributed by atoms with Gasteiger partial charge in [0.2, 0.25) is 0 Å². The maximum atomic E-state index is 13.4. The summed E-state index contributed by atoms with van der Waals surface area (Å²) in [5.41, 5.74) is 2.99. The molecule has 0 saturated heterocycles. The molecular formula is C14H13FN2O. The van der Waals surface area contributed by atoms with E-state index in [1.807, 2.05) is 13.0 Å². The van der Waals surface area contributed by atoms with Crippen LogP contribution in [0.2, 0.25) is 0 Å². The zero-order valence-corrected chi connectivity index (χ0v) is 10.1. The quantitative estimate of drug-likeness (QED) is 0.837. The van der Waals surface area contributed by atoms with Crippen molar-refractivity contribution in [1.82, 2.24) is 9.97 Å². The van der Waals surface area contributed by atoms with Crippen molar-refractivity contribution < 1.29 is 4.39 Å². The molecule has 0 amide bonds. The molecule has 3 rings (SSSR count). The number of hydrogen-bond acceptors (Lipinski definition) is 2. The Kier molecular flexibility index (Phi) is 2.51. The third-order valence-electron chi connectivity index (χ3n) is 3.26. The molecule has 2 aromatic rings. The third-order valence-corrected chi connectivity index (χ3v) is 3.26. The van der Waals surface area contributed by atoms with Gasteiger partial charge in [0.05, 0.1) is 5.69 Å². The van der Waals surface area contributed by atoms with Gasteiger partial charge in [-0.25, -0.2) is 9.37 Å². The Bertz CT molecular complexity index is 656. The first-order valence-corrected chi connectivity index (χ1v) is 6.03. The number of halogens is 1. The highest BCUT2D eigenvalue weighted by Crippen LogP contribution is 2.21. The van der Waals surface area contributed by atoms with Gasteiger partial charge in [-0.15, -0.1) is 0 Å². The Morgan fingerprint density at radius 2 is 2.11 bits per heavy atom. The third kappa shape index (κ3) is 1.83. The molecule has 1 heterocycles. The number of H-pyrrole nitrogens is 1. The fraction of sp³-hybridized carbons (Fsp3) is 0.286. The minimum absolute atomic E-state index is 0.0885. The lowest BCUT2D eigenvalue weighted by molar-refractivity contribution is 0.627. The van der Waals surface area contributed by atoms with E-state index in [1.165, 1.54) is 12.1 Å². The van der Waals surface area contributed by atoms with E-state index in [0.717, 1.165) is 36.1 Å². The molecule has 0 spiro atoms. The summed E-state index contributed by atoms with van der Waals surface area (Å²) in [5.74, 6) is 0.149. The van der Waals surface area contributed by atoms with Gasteiger partial charge in [-0.3, -0.25) is 4.79 Å². The van der Waals surface area contributed by atoms with Crippen molar-refractivity contribution in [3.8, 4) is 11.4 Å². The van der Waals surface area contributed by atoms with Gasteiger partial charge in [0, 0.05) is 11.1 Å². The molecule has 1 aromatic heterocycles. The highest BCUT2D eigenvalue weighted by atomic mass is 19.1. The Hall–Kier alpha value is -1.97. The molecule has 4 heteroatoms. The van der Waals surface area contributed by atoms with Gasteiger partial charge in [0.15, 0.2) is 0 Å². The van der Waals surface area contributed by atoms with E-state index in [4.69, 9.17) is 0 Å². The predicted octanol–water partition coefficient (Wildman–Crippen LogP) is 2.37. The molecule has 3 nitrogen and oxygen atoms in total. The first-order chi connectivity index (χ1) is 8.63. The minimum Gasteiger partial charge on any atom is -0.306 e. The van der Waals surface area contributed by atoms with E-state index in [1.54, 1.807) is 0 Å². The van der Waals surface area contributed by atoms with Gasteiger partial charge in [-0.1, -0.05) is 0 Å². The molecule has 1 aliphatic rings. The number of hydrogen-bond donors (Lipinski definition) is 1. The van der Waals surface area contributed by atoms with E-state index < -0.39 is 0 Å². The lowest BCUT2D eigenvalue weighted by atomic mass is 10.1. The largest absolute Gasteiger partial charge is 0.306 e. The van der Waals surface area contributed by atoms with Crippen molar-refractivity contribution in [3.63, 3.8) is 0 Å². The SMILES string of the molecule is Cc1cc(F)cc(-c2nc3c(c(=O)[nH]2)CCC3)c1. The molecule has 0 saturated carbocycles. The Labute approximate surface area is 104 Å². The first kappa shape index (κ1) is 11.1. The summed E-state index contributed by atoms with van der Waals surface area (Å²) in [4.78, 5) is 19.1. The van der Waals surface area contributed by atoms with E-state index >= 15 is 0 Å². The van der Waals surface area contributed by atoms with Gasteiger partial charge in [0.1, 0.15) is 11.6 Å². The summed E-state index contributed by atoms with van der Waals surface area (Å²) < 4.78 is 13.4. The van der Waals surface area contributed by atoms with Crippen LogP contribution in [-0.4, -0.2) is 9.97 Å².